The molecule has 6 heteroatoms. The van der Waals surface area contributed by atoms with Crippen LogP contribution in [0.5, 0.6) is 0 Å². The van der Waals surface area contributed by atoms with Gasteiger partial charge in [0.15, 0.2) is 0 Å². The smallest absolute Gasteiger partial charge is 0.325 e. The van der Waals surface area contributed by atoms with Crippen LogP contribution in [0.3, 0.4) is 0 Å². The summed E-state index contributed by atoms with van der Waals surface area (Å²) >= 11 is 0. The first-order valence-electron chi connectivity index (χ1n) is 10.1. The van der Waals surface area contributed by atoms with Crippen LogP contribution in [-0.4, -0.2) is 47.3 Å². The molecule has 0 saturated carbocycles. The minimum atomic E-state index is -1.07. The number of carbonyl (C=O) groups is 3. The Morgan fingerprint density at radius 1 is 1.04 bits per heavy atom. The van der Waals surface area contributed by atoms with Crippen molar-refractivity contribution in [3.8, 4) is 0 Å². The number of urea groups is 1. The molecule has 0 unspecified atom stereocenters. The van der Waals surface area contributed by atoms with Crippen LogP contribution in [0.15, 0.2) is 30.3 Å². The standard InChI is InChI=1S/C21H29N3O3/c1-2-13-21(17-11-7-6-8-12-17)19(26)24(20(27)22-21)16-18(25)23-14-9-4-3-5-10-15-23/h6-8,11-12H,2-5,9-10,13-16H2,1H3,(H,22,27)/t21-/m1/s1. The fourth-order valence-electron chi connectivity index (χ4n) is 4.11. The van der Waals surface area contributed by atoms with Crippen molar-refractivity contribution in [2.75, 3.05) is 19.6 Å². The number of nitrogens with one attached hydrogen (secondary N) is 1. The fourth-order valence-corrected chi connectivity index (χ4v) is 4.11. The molecule has 1 aromatic rings. The Hall–Kier alpha value is -2.37. The van der Waals surface area contributed by atoms with Crippen LogP contribution in [-0.2, 0) is 15.1 Å². The van der Waals surface area contributed by atoms with Crippen molar-refractivity contribution in [3.63, 3.8) is 0 Å². The SMILES string of the molecule is CCC[C@]1(c2ccccc2)NC(=O)N(CC(=O)N2CCCCCCC2)C1=O. The first-order chi connectivity index (χ1) is 13.1. The summed E-state index contributed by atoms with van der Waals surface area (Å²) in [6, 6.07) is 8.85. The average molecular weight is 371 g/mol. The Morgan fingerprint density at radius 3 is 2.30 bits per heavy atom. The molecule has 1 atom stereocenters. The van der Waals surface area contributed by atoms with Crippen molar-refractivity contribution in [3.05, 3.63) is 35.9 Å². The number of benzene rings is 1. The van der Waals surface area contributed by atoms with E-state index in [-0.39, 0.29) is 18.4 Å². The van der Waals surface area contributed by atoms with E-state index in [0.717, 1.165) is 42.6 Å². The third-order valence-corrected chi connectivity index (χ3v) is 5.57. The van der Waals surface area contributed by atoms with E-state index in [1.807, 2.05) is 42.2 Å². The minimum absolute atomic E-state index is 0.138. The van der Waals surface area contributed by atoms with Crippen molar-refractivity contribution in [2.45, 2.75) is 57.4 Å². The number of hydrogen-bond acceptors (Lipinski definition) is 3. The Labute approximate surface area is 160 Å². The normalized spacial score (nSPS) is 23.7. The van der Waals surface area contributed by atoms with Crippen molar-refractivity contribution in [1.82, 2.24) is 15.1 Å². The molecule has 0 spiro atoms. The molecule has 0 radical (unpaired) electrons. The summed E-state index contributed by atoms with van der Waals surface area (Å²) in [7, 11) is 0. The summed E-state index contributed by atoms with van der Waals surface area (Å²) in [5.74, 6) is -0.457. The van der Waals surface area contributed by atoms with E-state index in [1.165, 1.54) is 6.42 Å². The molecule has 6 nitrogen and oxygen atoms in total. The molecular weight excluding hydrogens is 342 g/mol. The lowest BCUT2D eigenvalue weighted by atomic mass is 9.85. The summed E-state index contributed by atoms with van der Waals surface area (Å²) in [4.78, 5) is 41.5. The van der Waals surface area contributed by atoms with E-state index in [0.29, 0.717) is 19.5 Å². The molecule has 2 aliphatic heterocycles. The molecule has 2 fully saturated rings. The average Bonchev–Trinajstić information content (AvgIpc) is 2.87. The zero-order chi connectivity index (χ0) is 19.3. The maximum atomic E-state index is 13.2. The van der Waals surface area contributed by atoms with Gasteiger partial charge < -0.3 is 10.2 Å². The van der Waals surface area contributed by atoms with Crippen LogP contribution < -0.4 is 5.32 Å². The number of nitrogens with zero attached hydrogens (tertiary/aromatic N) is 2. The van der Waals surface area contributed by atoms with Crippen LogP contribution in [0.25, 0.3) is 0 Å². The number of hydrogen-bond donors (Lipinski definition) is 1. The second-order valence-corrected chi connectivity index (χ2v) is 7.49. The first kappa shape index (κ1) is 19.4. The maximum absolute atomic E-state index is 13.2. The zero-order valence-corrected chi connectivity index (χ0v) is 16.1. The molecule has 27 heavy (non-hydrogen) atoms. The summed E-state index contributed by atoms with van der Waals surface area (Å²) in [6.45, 7) is 3.23. The lowest BCUT2D eigenvalue weighted by molar-refractivity contribution is -0.139. The van der Waals surface area contributed by atoms with Crippen molar-refractivity contribution >= 4 is 17.8 Å². The summed E-state index contributed by atoms with van der Waals surface area (Å²) in [5.41, 5.74) is -0.296. The van der Waals surface area contributed by atoms with Gasteiger partial charge in [0.1, 0.15) is 12.1 Å². The highest BCUT2D eigenvalue weighted by Crippen LogP contribution is 2.33. The topological polar surface area (TPSA) is 69.7 Å². The van der Waals surface area contributed by atoms with Crippen molar-refractivity contribution < 1.29 is 14.4 Å². The van der Waals surface area contributed by atoms with E-state index >= 15 is 0 Å². The van der Waals surface area contributed by atoms with Gasteiger partial charge in [0.05, 0.1) is 0 Å². The van der Waals surface area contributed by atoms with Crippen LogP contribution in [0.4, 0.5) is 4.79 Å². The second-order valence-electron chi connectivity index (χ2n) is 7.49. The third-order valence-electron chi connectivity index (χ3n) is 5.57. The molecule has 2 saturated heterocycles. The zero-order valence-electron chi connectivity index (χ0n) is 16.1. The minimum Gasteiger partial charge on any atom is -0.341 e. The van der Waals surface area contributed by atoms with Crippen LogP contribution in [0, 0.1) is 0 Å². The van der Waals surface area contributed by atoms with Gasteiger partial charge in [-0.2, -0.15) is 0 Å². The predicted octanol–water partition coefficient (Wildman–Crippen LogP) is 3.03. The predicted molar refractivity (Wildman–Crippen MR) is 103 cm³/mol. The highest BCUT2D eigenvalue weighted by atomic mass is 16.2. The van der Waals surface area contributed by atoms with E-state index in [2.05, 4.69) is 5.32 Å². The molecule has 1 aromatic carbocycles. The highest BCUT2D eigenvalue weighted by Gasteiger charge is 2.52. The van der Waals surface area contributed by atoms with Gasteiger partial charge in [-0.3, -0.25) is 14.5 Å². The van der Waals surface area contributed by atoms with Crippen LogP contribution in [0.1, 0.15) is 57.4 Å². The quantitative estimate of drug-likeness (QED) is 0.809. The lowest BCUT2D eigenvalue weighted by Crippen LogP contribution is -2.46. The number of carbonyl (C=O) groups excluding carboxylic acids is 3. The maximum Gasteiger partial charge on any atom is 0.325 e. The third kappa shape index (κ3) is 3.99. The Balaban J connectivity index is 1.77. The monoisotopic (exact) mass is 371 g/mol. The van der Waals surface area contributed by atoms with Gasteiger partial charge in [0.2, 0.25) is 5.91 Å². The van der Waals surface area contributed by atoms with E-state index in [4.69, 9.17) is 0 Å². The van der Waals surface area contributed by atoms with Gasteiger partial charge >= 0.3 is 6.03 Å². The first-order valence-corrected chi connectivity index (χ1v) is 10.1. The van der Waals surface area contributed by atoms with E-state index in [1.54, 1.807) is 0 Å². The molecule has 146 valence electrons. The van der Waals surface area contributed by atoms with Gasteiger partial charge in [-0.1, -0.05) is 62.9 Å². The molecule has 2 aliphatic rings. The van der Waals surface area contributed by atoms with E-state index in [9.17, 15) is 14.4 Å². The molecule has 2 heterocycles. The van der Waals surface area contributed by atoms with Crippen LogP contribution in [0.2, 0.25) is 0 Å². The van der Waals surface area contributed by atoms with Crippen molar-refractivity contribution in [1.29, 1.82) is 0 Å². The fraction of sp³-hybridized carbons (Fsp3) is 0.571. The van der Waals surface area contributed by atoms with Gasteiger partial charge in [0, 0.05) is 13.1 Å². The van der Waals surface area contributed by atoms with Gasteiger partial charge in [-0.05, 0) is 24.8 Å². The molecule has 4 amide bonds. The molecular formula is C21H29N3O3. The number of imide groups is 1. The van der Waals surface area contributed by atoms with Crippen LogP contribution >= 0.6 is 0 Å². The molecule has 0 aliphatic carbocycles. The number of amides is 4. The number of rotatable bonds is 5. The number of likely N-dealkylation sites (tertiary alicyclic amines) is 1. The van der Waals surface area contributed by atoms with Gasteiger partial charge in [-0.15, -0.1) is 0 Å². The Kier molecular flexibility index (Phi) is 6.14. The summed E-state index contributed by atoms with van der Waals surface area (Å²) in [5, 5.41) is 2.88. The Bertz CT molecular complexity index is 683. The molecule has 3 rings (SSSR count). The van der Waals surface area contributed by atoms with E-state index < -0.39 is 11.6 Å². The molecule has 1 N–H and O–H groups in total. The Morgan fingerprint density at radius 2 is 1.67 bits per heavy atom. The highest BCUT2D eigenvalue weighted by molar-refractivity contribution is 6.09. The molecule has 0 bridgehead atoms. The van der Waals surface area contributed by atoms with Gasteiger partial charge in [-0.25, -0.2) is 4.79 Å². The summed E-state index contributed by atoms with van der Waals surface area (Å²) < 4.78 is 0. The van der Waals surface area contributed by atoms with Gasteiger partial charge in [0.25, 0.3) is 5.91 Å². The lowest BCUT2D eigenvalue weighted by Gasteiger charge is -2.28. The van der Waals surface area contributed by atoms with Crippen molar-refractivity contribution in [2.24, 2.45) is 0 Å². The second kappa shape index (κ2) is 8.55. The largest absolute Gasteiger partial charge is 0.341 e. The molecule has 0 aromatic heterocycles. The summed E-state index contributed by atoms with van der Waals surface area (Å²) in [6.07, 6.45) is 6.68.